The van der Waals surface area contributed by atoms with Crippen LogP contribution in [0, 0.1) is 5.92 Å². The molecule has 2 saturated heterocycles. The van der Waals surface area contributed by atoms with Gasteiger partial charge < -0.3 is 10.4 Å². The predicted octanol–water partition coefficient (Wildman–Crippen LogP) is -0.227. The van der Waals surface area contributed by atoms with E-state index in [0.717, 1.165) is 32.4 Å². The van der Waals surface area contributed by atoms with Gasteiger partial charge in [0, 0.05) is 13.1 Å². The molecule has 0 radical (unpaired) electrons. The maximum atomic E-state index is 12.0. The minimum atomic E-state index is -3.14. The largest absolute Gasteiger partial charge is 0.392 e. The van der Waals surface area contributed by atoms with E-state index in [1.165, 1.54) is 4.31 Å². The Labute approximate surface area is 103 Å². The number of aliphatic hydroxyl groups excluding tert-OH is 1. The second-order valence-corrected chi connectivity index (χ2v) is 7.19. The van der Waals surface area contributed by atoms with E-state index in [1.807, 2.05) is 0 Å². The summed E-state index contributed by atoms with van der Waals surface area (Å²) in [5, 5.41) is 12.6. The molecule has 17 heavy (non-hydrogen) atoms. The van der Waals surface area contributed by atoms with E-state index in [-0.39, 0.29) is 12.3 Å². The van der Waals surface area contributed by atoms with Crippen LogP contribution in [0.3, 0.4) is 0 Å². The Morgan fingerprint density at radius 3 is 2.53 bits per heavy atom. The molecule has 6 heteroatoms. The SMILES string of the molecule is O=S(=O)(CCC1CCNCC1)N1CCC(O)C1. The van der Waals surface area contributed by atoms with Crippen molar-refractivity contribution in [3.8, 4) is 0 Å². The Morgan fingerprint density at radius 2 is 1.94 bits per heavy atom. The van der Waals surface area contributed by atoms with Crippen molar-refractivity contribution in [2.24, 2.45) is 5.92 Å². The van der Waals surface area contributed by atoms with Crippen molar-refractivity contribution in [1.29, 1.82) is 0 Å². The zero-order valence-electron chi connectivity index (χ0n) is 10.1. The number of aliphatic hydroxyl groups is 1. The Morgan fingerprint density at radius 1 is 1.24 bits per heavy atom. The molecule has 2 heterocycles. The Balaban J connectivity index is 1.80. The molecule has 100 valence electrons. The summed E-state index contributed by atoms with van der Waals surface area (Å²) in [6.45, 7) is 2.78. The summed E-state index contributed by atoms with van der Waals surface area (Å²) in [5.74, 6) is 0.781. The molecule has 2 fully saturated rings. The van der Waals surface area contributed by atoms with Crippen molar-refractivity contribution in [1.82, 2.24) is 9.62 Å². The number of nitrogens with zero attached hydrogens (tertiary/aromatic N) is 1. The fraction of sp³-hybridized carbons (Fsp3) is 1.00. The van der Waals surface area contributed by atoms with Gasteiger partial charge in [-0.05, 0) is 44.7 Å². The second-order valence-electron chi connectivity index (χ2n) is 5.10. The highest BCUT2D eigenvalue weighted by Crippen LogP contribution is 2.20. The molecular formula is C11H22N2O3S. The highest BCUT2D eigenvalue weighted by atomic mass is 32.2. The molecule has 0 bridgehead atoms. The van der Waals surface area contributed by atoms with E-state index in [9.17, 15) is 13.5 Å². The summed E-state index contributed by atoms with van der Waals surface area (Å²) in [7, 11) is -3.14. The quantitative estimate of drug-likeness (QED) is 0.734. The molecule has 0 aromatic heterocycles. The fourth-order valence-corrected chi connectivity index (χ4v) is 4.25. The van der Waals surface area contributed by atoms with Crippen LogP contribution in [0.1, 0.15) is 25.7 Å². The lowest BCUT2D eigenvalue weighted by molar-refractivity contribution is 0.189. The molecule has 2 aliphatic heterocycles. The van der Waals surface area contributed by atoms with Crippen molar-refractivity contribution < 1.29 is 13.5 Å². The lowest BCUT2D eigenvalue weighted by Crippen LogP contribution is -2.34. The number of rotatable bonds is 4. The molecule has 1 unspecified atom stereocenters. The number of hydrogen-bond acceptors (Lipinski definition) is 4. The molecule has 0 amide bonds. The molecule has 0 aromatic rings. The summed E-state index contributed by atoms with van der Waals surface area (Å²) < 4.78 is 25.5. The molecule has 0 saturated carbocycles. The van der Waals surface area contributed by atoms with Crippen LogP contribution in [-0.2, 0) is 10.0 Å². The first-order valence-corrected chi connectivity index (χ1v) is 8.05. The third-order valence-electron chi connectivity index (χ3n) is 3.76. The maximum absolute atomic E-state index is 12.0. The van der Waals surface area contributed by atoms with Gasteiger partial charge in [-0.2, -0.15) is 4.31 Å². The first-order chi connectivity index (χ1) is 8.08. The van der Waals surface area contributed by atoms with Crippen LogP contribution in [0.4, 0.5) is 0 Å². The summed E-state index contributed by atoms with van der Waals surface area (Å²) >= 11 is 0. The number of sulfonamides is 1. The molecule has 0 aliphatic carbocycles. The molecule has 1 atom stereocenters. The first kappa shape index (κ1) is 13.3. The molecule has 5 nitrogen and oxygen atoms in total. The minimum Gasteiger partial charge on any atom is -0.392 e. The molecule has 2 N–H and O–H groups in total. The van der Waals surface area contributed by atoms with E-state index in [1.54, 1.807) is 0 Å². The normalized spacial score (nSPS) is 28.6. The Kier molecular flexibility index (Phi) is 4.41. The highest BCUT2D eigenvalue weighted by molar-refractivity contribution is 7.89. The third kappa shape index (κ3) is 3.64. The van der Waals surface area contributed by atoms with Crippen LogP contribution in [0.15, 0.2) is 0 Å². The summed E-state index contributed by atoms with van der Waals surface area (Å²) in [5.41, 5.74) is 0. The van der Waals surface area contributed by atoms with E-state index in [0.29, 0.717) is 18.9 Å². The standard InChI is InChI=1S/C11H22N2O3S/c14-11-3-7-13(9-11)17(15,16)8-4-10-1-5-12-6-2-10/h10-12,14H,1-9H2. The van der Waals surface area contributed by atoms with Gasteiger partial charge in [-0.1, -0.05) is 0 Å². The van der Waals surface area contributed by atoms with Crippen LogP contribution < -0.4 is 5.32 Å². The molecule has 2 aliphatic rings. The smallest absolute Gasteiger partial charge is 0.214 e. The van der Waals surface area contributed by atoms with Gasteiger partial charge in [0.05, 0.1) is 11.9 Å². The molecule has 0 aromatic carbocycles. The van der Waals surface area contributed by atoms with Crippen molar-refractivity contribution in [3.63, 3.8) is 0 Å². The zero-order chi connectivity index (χ0) is 12.3. The van der Waals surface area contributed by atoms with Gasteiger partial charge in [0.15, 0.2) is 0 Å². The van der Waals surface area contributed by atoms with Gasteiger partial charge in [0.1, 0.15) is 0 Å². The average Bonchev–Trinajstić information content (AvgIpc) is 2.76. The van der Waals surface area contributed by atoms with Gasteiger partial charge in [-0.3, -0.25) is 0 Å². The van der Waals surface area contributed by atoms with Crippen molar-refractivity contribution in [3.05, 3.63) is 0 Å². The number of piperidine rings is 1. The molecule has 2 rings (SSSR count). The van der Waals surface area contributed by atoms with E-state index in [2.05, 4.69) is 5.32 Å². The number of hydrogen-bond donors (Lipinski definition) is 2. The van der Waals surface area contributed by atoms with Crippen LogP contribution >= 0.6 is 0 Å². The van der Waals surface area contributed by atoms with Crippen molar-refractivity contribution in [2.75, 3.05) is 31.9 Å². The van der Waals surface area contributed by atoms with E-state index < -0.39 is 16.1 Å². The zero-order valence-corrected chi connectivity index (χ0v) is 11.0. The van der Waals surface area contributed by atoms with Gasteiger partial charge in [0.25, 0.3) is 0 Å². The van der Waals surface area contributed by atoms with Gasteiger partial charge in [-0.15, -0.1) is 0 Å². The topological polar surface area (TPSA) is 69.6 Å². The molecule has 0 spiro atoms. The predicted molar refractivity (Wildman–Crippen MR) is 66.2 cm³/mol. The van der Waals surface area contributed by atoms with Gasteiger partial charge in [-0.25, -0.2) is 8.42 Å². The third-order valence-corrected chi connectivity index (χ3v) is 5.63. The van der Waals surface area contributed by atoms with E-state index >= 15 is 0 Å². The lowest BCUT2D eigenvalue weighted by Gasteiger charge is -2.23. The van der Waals surface area contributed by atoms with Crippen molar-refractivity contribution >= 4 is 10.0 Å². The monoisotopic (exact) mass is 262 g/mol. The Hall–Kier alpha value is -0.170. The molecular weight excluding hydrogens is 240 g/mol. The summed E-state index contributed by atoms with van der Waals surface area (Å²) in [6, 6.07) is 0. The van der Waals surface area contributed by atoms with Crippen LogP contribution in [0.25, 0.3) is 0 Å². The van der Waals surface area contributed by atoms with Crippen molar-refractivity contribution in [2.45, 2.75) is 31.8 Å². The lowest BCUT2D eigenvalue weighted by atomic mass is 9.96. The van der Waals surface area contributed by atoms with Crippen LogP contribution in [-0.4, -0.2) is 55.9 Å². The first-order valence-electron chi connectivity index (χ1n) is 6.44. The Bertz CT molecular complexity index is 339. The number of nitrogens with one attached hydrogen (secondary N) is 1. The summed E-state index contributed by atoms with van der Waals surface area (Å²) in [6.07, 6.45) is 3.03. The second kappa shape index (κ2) is 5.65. The minimum absolute atomic E-state index is 0.240. The maximum Gasteiger partial charge on any atom is 0.214 e. The number of β-amino-alcohol motifs (C(OH)–C–C–N with tert-alkyl or cyclic N) is 1. The van der Waals surface area contributed by atoms with Crippen LogP contribution in [0.2, 0.25) is 0 Å². The summed E-state index contributed by atoms with van der Waals surface area (Å²) in [4.78, 5) is 0. The van der Waals surface area contributed by atoms with Crippen LogP contribution in [0.5, 0.6) is 0 Å². The van der Waals surface area contributed by atoms with Gasteiger partial charge in [0.2, 0.25) is 10.0 Å². The van der Waals surface area contributed by atoms with E-state index in [4.69, 9.17) is 0 Å². The van der Waals surface area contributed by atoms with Gasteiger partial charge >= 0.3 is 0 Å². The highest BCUT2D eigenvalue weighted by Gasteiger charge is 2.30. The fourth-order valence-electron chi connectivity index (χ4n) is 2.58. The average molecular weight is 262 g/mol.